The molecule has 0 saturated carbocycles. The van der Waals surface area contributed by atoms with Gasteiger partial charge >= 0.3 is 0 Å². The number of aromatic hydroxyl groups is 1. The van der Waals surface area contributed by atoms with Crippen molar-refractivity contribution in [1.29, 1.82) is 0 Å². The highest BCUT2D eigenvalue weighted by Gasteiger charge is 2.10. The number of carbonyl (C=O) groups excluding carboxylic acids is 1. The van der Waals surface area contributed by atoms with Crippen LogP contribution in [-0.4, -0.2) is 34.5 Å². The zero-order valence-corrected chi connectivity index (χ0v) is 13.7. The van der Waals surface area contributed by atoms with E-state index in [1.165, 1.54) is 31.5 Å². The molecule has 7 nitrogen and oxygen atoms in total. The van der Waals surface area contributed by atoms with Crippen LogP contribution in [0.2, 0.25) is 0 Å². The molecule has 2 aromatic carbocycles. The number of carbonyl (C=O) groups is 1. The molecule has 1 heterocycles. The van der Waals surface area contributed by atoms with E-state index in [1.54, 1.807) is 30.3 Å². The van der Waals surface area contributed by atoms with E-state index in [-0.39, 0.29) is 17.3 Å². The number of methoxy groups -OCH3 is 1. The summed E-state index contributed by atoms with van der Waals surface area (Å²) in [6.07, 6.45) is 1.41. The Hall–Kier alpha value is -3.68. The fourth-order valence-electron chi connectivity index (χ4n) is 2.21. The number of H-pyrrole nitrogens is 1. The van der Waals surface area contributed by atoms with Crippen LogP contribution in [0.25, 0.3) is 11.3 Å². The van der Waals surface area contributed by atoms with Crippen molar-refractivity contribution in [2.45, 2.75) is 0 Å². The molecule has 0 spiro atoms. The van der Waals surface area contributed by atoms with E-state index in [9.17, 15) is 14.3 Å². The predicted molar refractivity (Wildman–Crippen MR) is 93.7 cm³/mol. The number of ether oxygens (including phenoxy) is 1. The molecule has 0 fully saturated rings. The fraction of sp³-hybridized carbons (Fsp3) is 0.0556. The number of aromatic nitrogens is 2. The van der Waals surface area contributed by atoms with Crippen LogP contribution < -0.4 is 10.2 Å². The van der Waals surface area contributed by atoms with E-state index in [0.717, 1.165) is 0 Å². The van der Waals surface area contributed by atoms with Crippen LogP contribution in [0.15, 0.2) is 53.6 Å². The molecule has 1 amide bonds. The highest BCUT2D eigenvalue weighted by Crippen LogP contribution is 2.25. The van der Waals surface area contributed by atoms with Crippen molar-refractivity contribution in [3.63, 3.8) is 0 Å². The molecule has 0 aliphatic carbocycles. The summed E-state index contributed by atoms with van der Waals surface area (Å²) in [6, 6.07) is 12.0. The molecule has 3 aromatic rings. The van der Waals surface area contributed by atoms with Crippen LogP contribution in [0.4, 0.5) is 4.39 Å². The summed E-state index contributed by atoms with van der Waals surface area (Å²) in [5.41, 5.74) is 4.42. The second kappa shape index (κ2) is 7.47. The van der Waals surface area contributed by atoms with Gasteiger partial charge in [-0.2, -0.15) is 10.2 Å². The predicted octanol–water partition coefficient (Wildman–Crippen LogP) is 2.69. The van der Waals surface area contributed by atoms with Gasteiger partial charge in [-0.25, -0.2) is 9.82 Å². The molecule has 0 bridgehead atoms. The normalized spacial score (nSPS) is 10.8. The Balaban J connectivity index is 1.66. The molecule has 0 atom stereocenters. The number of phenolic OH excluding ortho intramolecular Hbond substituents is 1. The van der Waals surface area contributed by atoms with E-state index in [1.807, 2.05) is 0 Å². The number of rotatable bonds is 5. The second-order valence-corrected chi connectivity index (χ2v) is 5.30. The molecule has 0 aliphatic heterocycles. The molecule has 8 heteroatoms. The van der Waals surface area contributed by atoms with Gasteiger partial charge in [0.05, 0.1) is 19.0 Å². The number of nitrogens with zero attached hydrogens (tertiary/aromatic N) is 2. The number of aromatic amines is 1. The molecule has 0 saturated heterocycles. The molecule has 0 aliphatic rings. The summed E-state index contributed by atoms with van der Waals surface area (Å²) in [4.78, 5) is 12.1. The Bertz CT molecular complexity index is 951. The SMILES string of the molecule is COc1cc(C=NNC(=O)c2cc(-c3ccc(F)cc3)n[nH]2)ccc1O. The zero-order chi connectivity index (χ0) is 18.5. The first-order valence-electron chi connectivity index (χ1n) is 7.58. The van der Waals surface area contributed by atoms with E-state index in [2.05, 4.69) is 20.7 Å². The Kier molecular flexibility index (Phi) is 4.93. The molecular formula is C18H15FN4O3. The van der Waals surface area contributed by atoms with Gasteiger partial charge in [0, 0.05) is 5.56 Å². The van der Waals surface area contributed by atoms with Gasteiger partial charge in [0.25, 0.3) is 5.91 Å². The molecule has 0 radical (unpaired) electrons. The van der Waals surface area contributed by atoms with Crippen molar-refractivity contribution < 1.29 is 19.0 Å². The fourth-order valence-corrected chi connectivity index (χ4v) is 2.21. The molecule has 3 rings (SSSR count). The molecule has 3 N–H and O–H groups in total. The molecule has 0 unspecified atom stereocenters. The molecule has 26 heavy (non-hydrogen) atoms. The first-order chi connectivity index (χ1) is 12.6. The van der Waals surface area contributed by atoms with Crippen molar-refractivity contribution >= 4 is 12.1 Å². The van der Waals surface area contributed by atoms with Crippen molar-refractivity contribution in [3.8, 4) is 22.8 Å². The summed E-state index contributed by atoms with van der Waals surface area (Å²) in [5.74, 6) is -0.507. The van der Waals surface area contributed by atoms with E-state index < -0.39 is 5.91 Å². The zero-order valence-electron chi connectivity index (χ0n) is 13.7. The summed E-state index contributed by atoms with van der Waals surface area (Å²) < 4.78 is 18.0. The Morgan fingerprint density at radius 2 is 2.04 bits per heavy atom. The lowest BCUT2D eigenvalue weighted by Crippen LogP contribution is -2.18. The Morgan fingerprint density at radius 1 is 1.27 bits per heavy atom. The largest absolute Gasteiger partial charge is 0.504 e. The van der Waals surface area contributed by atoms with Crippen LogP contribution in [0, 0.1) is 5.82 Å². The minimum absolute atomic E-state index is 0.0134. The third kappa shape index (κ3) is 3.86. The third-order valence-corrected chi connectivity index (χ3v) is 3.55. The number of benzene rings is 2. The van der Waals surface area contributed by atoms with Crippen LogP contribution in [0.5, 0.6) is 11.5 Å². The average molecular weight is 354 g/mol. The van der Waals surface area contributed by atoms with Crippen molar-refractivity contribution in [2.24, 2.45) is 5.10 Å². The van der Waals surface area contributed by atoms with Gasteiger partial charge in [-0.1, -0.05) is 0 Å². The van der Waals surface area contributed by atoms with Gasteiger partial charge in [-0.15, -0.1) is 0 Å². The third-order valence-electron chi connectivity index (χ3n) is 3.55. The number of amides is 1. The number of nitrogens with one attached hydrogen (secondary N) is 2. The minimum atomic E-state index is -0.479. The highest BCUT2D eigenvalue weighted by atomic mass is 19.1. The molecule has 1 aromatic heterocycles. The van der Waals surface area contributed by atoms with Gasteiger partial charge in [-0.05, 0) is 54.1 Å². The summed E-state index contributed by atoms with van der Waals surface area (Å²) in [5, 5.41) is 20.0. The number of phenols is 1. The number of hydrogen-bond donors (Lipinski definition) is 3. The maximum Gasteiger partial charge on any atom is 0.289 e. The van der Waals surface area contributed by atoms with Crippen LogP contribution in [-0.2, 0) is 0 Å². The molecular weight excluding hydrogens is 339 g/mol. The monoisotopic (exact) mass is 354 g/mol. The summed E-state index contributed by atoms with van der Waals surface area (Å²) in [6.45, 7) is 0. The topological polar surface area (TPSA) is 99.6 Å². The smallest absolute Gasteiger partial charge is 0.289 e. The first kappa shape index (κ1) is 17.2. The van der Waals surface area contributed by atoms with Gasteiger partial charge in [-0.3, -0.25) is 9.89 Å². The first-order valence-corrected chi connectivity index (χ1v) is 7.58. The standard InChI is InChI=1S/C18H15FN4O3/c1-26-17-8-11(2-7-16(17)24)10-20-23-18(25)15-9-14(21-22-15)12-3-5-13(19)6-4-12/h2-10,24H,1H3,(H,21,22)(H,23,25). The van der Waals surface area contributed by atoms with Crippen LogP contribution in [0.1, 0.15) is 16.1 Å². The minimum Gasteiger partial charge on any atom is -0.504 e. The van der Waals surface area contributed by atoms with Crippen LogP contribution in [0.3, 0.4) is 0 Å². The van der Waals surface area contributed by atoms with Crippen molar-refractivity contribution in [1.82, 2.24) is 15.6 Å². The van der Waals surface area contributed by atoms with Gasteiger partial charge in [0.1, 0.15) is 11.5 Å². The van der Waals surface area contributed by atoms with E-state index in [0.29, 0.717) is 22.6 Å². The summed E-state index contributed by atoms with van der Waals surface area (Å²) >= 11 is 0. The molecule has 132 valence electrons. The number of hydrogen-bond acceptors (Lipinski definition) is 5. The maximum absolute atomic E-state index is 13.0. The second-order valence-electron chi connectivity index (χ2n) is 5.30. The van der Waals surface area contributed by atoms with Crippen LogP contribution >= 0.6 is 0 Å². The Labute approximate surface area is 148 Å². The summed E-state index contributed by atoms with van der Waals surface area (Å²) in [7, 11) is 1.44. The highest BCUT2D eigenvalue weighted by molar-refractivity contribution is 5.94. The van der Waals surface area contributed by atoms with E-state index in [4.69, 9.17) is 4.74 Å². The maximum atomic E-state index is 13.0. The van der Waals surface area contributed by atoms with Gasteiger partial charge in [0.15, 0.2) is 11.5 Å². The van der Waals surface area contributed by atoms with Gasteiger partial charge in [0.2, 0.25) is 0 Å². The Morgan fingerprint density at radius 3 is 2.77 bits per heavy atom. The van der Waals surface area contributed by atoms with Gasteiger partial charge < -0.3 is 9.84 Å². The lowest BCUT2D eigenvalue weighted by Gasteiger charge is -2.03. The quantitative estimate of drug-likeness (QED) is 0.484. The van der Waals surface area contributed by atoms with E-state index >= 15 is 0 Å². The number of halogens is 1. The van der Waals surface area contributed by atoms with Crippen molar-refractivity contribution in [2.75, 3.05) is 7.11 Å². The number of hydrazone groups is 1. The lowest BCUT2D eigenvalue weighted by molar-refractivity contribution is 0.0950. The average Bonchev–Trinajstić information content (AvgIpc) is 3.14. The van der Waals surface area contributed by atoms with Crippen molar-refractivity contribution in [3.05, 3.63) is 65.6 Å². The lowest BCUT2D eigenvalue weighted by atomic mass is 10.1.